The summed E-state index contributed by atoms with van der Waals surface area (Å²) >= 11 is 0.796. The number of hydrogen-bond donors (Lipinski definition) is 2. The third-order valence-electron chi connectivity index (χ3n) is 6.32. The van der Waals surface area contributed by atoms with Crippen LogP contribution in [0.2, 0.25) is 0 Å². The van der Waals surface area contributed by atoms with Gasteiger partial charge in [-0.3, -0.25) is 14.9 Å². The van der Waals surface area contributed by atoms with E-state index in [1.165, 1.54) is 17.2 Å². The lowest BCUT2D eigenvalue weighted by molar-refractivity contribution is -0.140. The van der Waals surface area contributed by atoms with E-state index < -0.39 is 29.2 Å². The maximum Gasteiger partial charge on any atom is 0.434 e. The highest BCUT2D eigenvalue weighted by atomic mass is 32.1. The SMILES string of the molecule is CCNC(=O)Nc1cc(-c2nc(C(F)(F)F)cs2)c(-c2ccc3c(c2)c(=O)c(C(=O)N(C)C)cn3CCN(C)C)cn1. The molecule has 0 saturated carbocycles. The van der Waals surface area contributed by atoms with Crippen LogP contribution in [0.1, 0.15) is 23.0 Å². The number of benzene rings is 1. The molecule has 0 atom stereocenters. The van der Waals surface area contributed by atoms with Gasteiger partial charge in [0.15, 0.2) is 5.69 Å². The maximum absolute atomic E-state index is 13.6. The molecule has 0 radical (unpaired) electrons. The summed E-state index contributed by atoms with van der Waals surface area (Å²) in [5, 5.41) is 6.37. The normalized spacial score (nSPS) is 11.6. The Morgan fingerprint density at radius 2 is 1.83 bits per heavy atom. The molecule has 42 heavy (non-hydrogen) atoms. The second-order valence-corrected chi connectivity index (χ2v) is 10.8. The van der Waals surface area contributed by atoms with E-state index in [2.05, 4.69) is 20.6 Å². The van der Waals surface area contributed by atoms with Crippen molar-refractivity contribution in [2.75, 3.05) is 46.6 Å². The summed E-state index contributed by atoms with van der Waals surface area (Å²) < 4.78 is 42.0. The second-order valence-electron chi connectivity index (χ2n) is 9.94. The van der Waals surface area contributed by atoms with Crippen molar-refractivity contribution < 1.29 is 22.8 Å². The molecule has 0 fully saturated rings. The van der Waals surface area contributed by atoms with Crippen molar-refractivity contribution in [3.8, 4) is 21.7 Å². The molecule has 0 aliphatic rings. The van der Waals surface area contributed by atoms with E-state index in [-0.39, 0.29) is 27.3 Å². The molecule has 10 nitrogen and oxygen atoms in total. The maximum atomic E-state index is 13.6. The lowest BCUT2D eigenvalue weighted by Crippen LogP contribution is -2.29. The van der Waals surface area contributed by atoms with Crippen LogP contribution < -0.4 is 16.1 Å². The van der Waals surface area contributed by atoms with E-state index in [1.807, 2.05) is 23.6 Å². The highest BCUT2D eigenvalue weighted by Gasteiger charge is 2.34. The summed E-state index contributed by atoms with van der Waals surface area (Å²) in [7, 11) is 6.95. The number of aromatic nitrogens is 3. The first-order chi connectivity index (χ1) is 19.8. The summed E-state index contributed by atoms with van der Waals surface area (Å²) in [5.74, 6) is -0.342. The molecule has 3 amide bonds. The third-order valence-corrected chi connectivity index (χ3v) is 7.20. The molecule has 4 rings (SSSR count). The van der Waals surface area contributed by atoms with Crippen LogP contribution in [-0.2, 0) is 12.7 Å². The van der Waals surface area contributed by atoms with Crippen molar-refractivity contribution in [1.82, 2.24) is 29.7 Å². The molecular formula is C28H30F3N7O3S. The quantitative estimate of drug-likeness (QED) is 0.305. The van der Waals surface area contributed by atoms with Gasteiger partial charge in [0.1, 0.15) is 16.4 Å². The summed E-state index contributed by atoms with van der Waals surface area (Å²) in [4.78, 5) is 50.0. The number of hydrogen-bond acceptors (Lipinski definition) is 7. The van der Waals surface area contributed by atoms with Crippen LogP contribution in [-0.4, -0.2) is 77.6 Å². The monoisotopic (exact) mass is 601 g/mol. The molecule has 1 aromatic carbocycles. The zero-order valence-electron chi connectivity index (χ0n) is 23.7. The summed E-state index contributed by atoms with van der Waals surface area (Å²) in [6, 6.07) is 5.98. The topological polar surface area (TPSA) is 112 Å². The lowest BCUT2D eigenvalue weighted by Gasteiger charge is -2.18. The van der Waals surface area contributed by atoms with Crippen LogP contribution in [0.4, 0.5) is 23.8 Å². The number of fused-ring (bicyclic) bond motifs is 1. The van der Waals surface area contributed by atoms with Crippen molar-refractivity contribution >= 4 is 40.0 Å². The van der Waals surface area contributed by atoms with Crippen molar-refractivity contribution in [3.05, 3.63) is 63.5 Å². The molecule has 222 valence electrons. The molecule has 0 aliphatic heterocycles. The molecule has 3 aromatic heterocycles. The number of carbonyl (C=O) groups excluding carboxylic acids is 2. The third kappa shape index (κ3) is 6.60. The summed E-state index contributed by atoms with van der Waals surface area (Å²) in [6.07, 6.45) is -1.68. The molecule has 0 bridgehead atoms. The van der Waals surface area contributed by atoms with Crippen LogP contribution in [0.3, 0.4) is 0 Å². The Morgan fingerprint density at radius 3 is 2.45 bits per heavy atom. The van der Waals surface area contributed by atoms with Crippen molar-refractivity contribution in [1.29, 1.82) is 0 Å². The molecule has 3 heterocycles. The van der Waals surface area contributed by atoms with Crippen LogP contribution in [0.25, 0.3) is 32.6 Å². The summed E-state index contributed by atoms with van der Waals surface area (Å²) in [5.41, 5.74) is 0.234. The number of likely N-dealkylation sites (N-methyl/N-ethyl adjacent to an activating group) is 1. The van der Waals surface area contributed by atoms with Crippen molar-refractivity contribution in [2.24, 2.45) is 0 Å². The van der Waals surface area contributed by atoms with Gasteiger partial charge >= 0.3 is 12.2 Å². The number of nitrogens with zero attached hydrogens (tertiary/aromatic N) is 5. The second kappa shape index (κ2) is 12.3. The zero-order valence-corrected chi connectivity index (χ0v) is 24.5. The number of pyridine rings is 2. The van der Waals surface area contributed by atoms with Crippen molar-refractivity contribution in [2.45, 2.75) is 19.6 Å². The number of nitrogens with one attached hydrogen (secondary N) is 2. The number of halogens is 3. The van der Waals surface area contributed by atoms with Gasteiger partial charge in [0.05, 0.1) is 5.52 Å². The highest BCUT2D eigenvalue weighted by molar-refractivity contribution is 7.13. The fourth-order valence-electron chi connectivity index (χ4n) is 4.23. The molecular weight excluding hydrogens is 571 g/mol. The minimum absolute atomic E-state index is 0.00187. The minimum Gasteiger partial charge on any atom is -0.345 e. The van der Waals surface area contributed by atoms with Gasteiger partial charge in [0.2, 0.25) is 5.43 Å². The largest absolute Gasteiger partial charge is 0.434 e. The number of urea groups is 1. The molecule has 14 heteroatoms. The van der Waals surface area contributed by atoms with E-state index in [0.29, 0.717) is 36.3 Å². The Bertz CT molecular complexity index is 1700. The van der Waals surface area contributed by atoms with Crippen LogP contribution >= 0.6 is 11.3 Å². The zero-order chi connectivity index (χ0) is 30.8. The Hall–Kier alpha value is -4.30. The molecule has 0 unspecified atom stereocenters. The number of carbonyl (C=O) groups is 2. The van der Waals surface area contributed by atoms with Gasteiger partial charge in [-0.15, -0.1) is 11.3 Å². The van der Waals surface area contributed by atoms with E-state index in [1.54, 1.807) is 45.4 Å². The smallest absolute Gasteiger partial charge is 0.345 e. The molecule has 2 N–H and O–H groups in total. The van der Waals surface area contributed by atoms with Crippen LogP contribution in [0.15, 0.2) is 46.8 Å². The predicted octanol–water partition coefficient (Wildman–Crippen LogP) is 4.61. The summed E-state index contributed by atoms with van der Waals surface area (Å²) in [6.45, 7) is 3.25. The fraction of sp³-hybridized carbons (Fsp3) is 0.321. The Labute approximate surface area is 243 Å². The number of rotatable bonds is 8. The van der Waals surface area contributed by atoms with E-state index in [0.717, 1.165) is 16.7 Å². The van der Waals surface area contributed by atoms with Gasteiger partial charge in [-0.25, -0.2) is 14.8 Å². The van der Waals surface area contributed by atoms with Gasteiger partial charge in [-0.05, 0) is 44.8 Å². The van der Waals surface area contributed by atoms with Gasteiger partial charge in [-0.2, -0.15) is 13.2 Å². The molecule has 0 aliphatic carbocycles. The first-order valence-corrected chi connectivity index (χ1v) is 13.8. The Kier molecular flexibility index (Phi) is 8.97. The Morgan fingerprint density at radius 1 is 1.10 bits per heavy atom. The van der Waals surface area contributed by atoms with Gasteiger partial charge in [-0.1, -0.05) is 6.07 Å². The first kappa shape index (κ1) is 30.7. The van der Waals surface area contributed by atoms with Gasteiger partial charge in [0.25, 0.3) is 5.91 Å². The standard InChI is InChI=1S/C28H30F3N7O3S/c1-6-32-27(41)35-23-12-17(25-34-22(15-42-25)28(29,30)31)19(13-33-23)16-7-8-21-18(11-16)24(39)20(26(40)37(4)5)14-38(21)10-9-36(2)3/h7-8,11-15H,6,9-10H2,1-5H3,(H2,32,33,35,41). The van der Waals surface area contributed by atoms with Gasteiger partial charge < -0.3 is 19.7 Å². The fourth-order valence-corrected chi connectivity index (χ4v) is 5.09. The number of amides is 3. The lowest BCUT2D eigenvalue weighted by atomic mass is 9.99. The van der Waals surface area contributed by atoms with Crippen LogP contribution in [0, 0.1) is 0 Å². The van der Waals surface area contributed by atoms with Crippen LogP contribution in [0.5, 0.6) is 0 Å². The predicted molar refractivity (Wildman–Crippen MR) is 157 cm³/mol. The van der Waals surface area contributed by atoms with E-state index in [9.17, 15) is 27.6 Å². The Balaban J connectivity index is 1.93. The van der Waals surface area contributed by atoms with Gasteiger partial charge in [0, 0.05) is 68.0 Å². The number of anilines is 1. The van der Waals surface area contributed by atoms with E-state index >= 15 is 0 Å². The molecule has 4 aromatic rings. The minimum atomic E-state index is -4.64. The average molecular weight is 602 g/mol. The molecule has 0 saturated heterocycles. The molecule has 0 spiro atoms. The van der Waals surface area contributed by atoms with E-state index in [4.69, 9.17) is 0 Å². The number of thiazole rings is 1. The first-order valence-electron chi connectivity index (χ1n) is 12.9. The number of alkyl halides is 3. The average Bonchev–Trinajstić information content (AvgIpc) is 3.43. The highest BCUT2D eigenvalue weighted by Crippen LogP contribution is 2.39. The van der Waals surface area contributed by atoms with Crippen molar-refractivity contribution in [3.63, 3.8) is 0 Å².